The van der Waals surface area contributed by atoms with Gasteiger partial charge in [-0.15, -0.1) is 0 Å². The molecule has 0 amide bonds. The van der Waals surface area contributed by atoms with E-state index in [1.54, 1.807) is 0 Å². The van der Waals surface area contributed by atoms with Crippen molar-refractivity contribution in [2.75, 3.05) is 19.6 Å². The molecule has 72 valence electrons. The molecule has 3 nitrogen and oxygen atoms in total. The van der Waals surface area contributed by atoms with E-state index in [-0.39, 0.29) is 5.60 Å². The van der Waals surface area contributed by atoms with E-state index >= 15 is 0 Å². The van der Waals surface area contributed by atoms with E-state index in [0.717, 1.165) is 45.3 Å². The fourth-order valence-electron chi connectivity index (χ4n) is 1.48. The molecular formula is C9H20N2O. The third kappa shape index (κ3) is 3.09. The van der Waals surface area contributed by atoms with E-state index in [1.165, 1.54) is 6.42 Å². The average Bonchev–Trinajstić information content (AvgIpc) is 2.01. The SMILES string of the molecule is NCCCCNCC1(O)CCC1. The van der Waals surface area contributed by atoms with Crippen molar-refractivity contribution in [3.8, 4) is 0 Å². The van der Waals surface area contributed by atoms with Crippen LogP contribution in [0.5, 0.6) is 0 Å². The molecule has 3 heteroatoms. The molecule has 0 heterocycles. The first-order chi connectivity index (χ1) is 5.77. The van der Waals surface area contributed by atoms with Gasteiger partial charge in [0.25, 0.3) is 0 Å². The number of hydrogen-bond donors (Lipinski definition) is 3. The number of hydrogen-bond acceptors (Lipinski definition) is 3. The third-order valence-corrected chi connectivity index (χ3v) is 2.55. The first-order valence-electron chi connectivity index (χ1n) is 4.90. The summed E-state index contributed by atoms with van der Waals surface area (Å²) >= 11 is 0. The second-order valence-corrected chi connectivity index (χ2v) is 3.75. The summed E-state index contributed by atoms with van der Waals surface area (Å²) in [6.45, 7) is 2.52. The summed E-state index contributed by atoms with van der Waals surface area (Å²) in [5, 5.41) is 12.9. The molecule has 1 fully saturated rings. The largest absolute Gasteiger partial charge is 0.389 e. The van der Waals surface area contributed by atoms with Gasteiger partial charge in [0.15, 0.2) is 0 Å². The summed E-state index contributed by atoms with van der Waals surface area (Å²) in [5.74, 6) is 0. The minimum absolute atomic E-state index is 0.372. The van der Waals surface area contributed by atoms with Gasteiger partial charge >= 0.3 is 0 Å². The van der Waals surface area contributed by atoms with Crippen LogP contribution in [0.3, 0.4) is 0 Å². The van der Waals surface area contributed by atoms with Crippen LogP contribution in [0.25, 0.3) is 0 Å². The number of rotatable bonds is 6. The van der Waals surface area contributed by atoms with Gasteiger partial charge in [-0.05, 0) is 45.2 Å². The lowest BCUT2D eigenvalue weighted by molar-refractivity contribution is -0.0311. The average molecular weight is 172 g/mol. The summed E-state index contributed by atoms with van der Waals surface area (Å²) in [6.07, 6.45) is 5.31. The Kier molecular flexibility index (Phi) is 3.98. The Labute approximate surface area is 74.3 Å². The van der Waals surface area contributed by atoms with E-state index in [2.05, 4.69) is 5.32 Å². The van der Waals surface area contributed by atoms with E-state index in [1.807, 2.05) is 0 Å². The van der Waals surface area contributed by atoms with E-state index in [0.29, 0.717) is 0 Å². The molecule has 0 aromatic carbocycles. The Balaban J connectivity index is 1.88. The van der Waals surface area contributed by atoms with E-state index in [4.69, 9.17) is 5.73 Å². The molecule has 0 unspecified atom stereocenters. The predicted octanol–water partition coefficient (Wildman–Crippen LogP) is 0.230. The van der Waals surface area contributed by atoms with Gasteiger partial charge in [-0.3, -0.25) is 0 Å². The van der Waals surface area contributed by atoms with Gasteiger partial charge in [0, 0.05) is 6.54 Å². The zero-order valence-electron chi connectivity index (χ0n) is 7.68. The van der Waals surface area contributed by atoms with Gasteiger partial charge in [-0.2, -0.15) is 0 Å². The third-order valence-electron chi connectivity index (χ3n) is 2.55. The Hall–Kier alpha value is -0.120. The summed E-state index contributed by atoms with van der Waals surface area (Å²) in [5.41, 5.74) is 4.98. The maximum atomic E-state index is 9.68. The molecular weight excluding hydrogens is 152 g/mol. The molecule has 1 rings (SSSR count). The Morgan fingerprint density at radius 3 is 2.58 bits per heavy atom. The van der Waals surface area contributed by atoms with Crippen molar-refractivity contribution in [1.82, 2.24) is 5.32 Å². The fourth-order valence-corrected chi connectivity index (χ4v) is 1.48. The quantitative estimate of drug-likeness (QED) is 0.503. The van der Waals surface area contributed by atoms with Crippen LogP contribution in [0.1, 0.15) is 32.1 Å². The number of nitrogens with one attached hydrogen (secondary N) is 1. The highest BCUT2D eigenvalue weighted by molar-refractivity contribution is 4.89. The second kappa shape index (κ2) is 4.80. The summed E-state index contributed by atoms with van der Waals surface area (Å²) in [6, 6.07) is 0. The summed E-state index contributed by atoms with van der Waals surface area (Å²) < 4.78 is 0. The van der Waals surface area contributed by atoms with Crippen LogP contribution in [0.15, 0.2) is 0 Å². The number of unbranched alkanes of at least 4 members (excludes halogenated alkanes) is 1. The van der Waals surface area contributed by atoms with Crippen LogP contribution >= 0.6 is 0 Å². The molecule has 12 heavy (non-hydrogen) atoms. The predicted molar refractivity (Wildman–Crippen MR) is 50.0 cm³/mol. The zero-order chi connectivity index (χ0) is 8.86. The first kappa shape index (κ1) is 9.96. The minimum atomic E-state index is -0.372. The van der Waals surface area contributed by atoms with Gasteiger partial charge in [-0.1, -0.05) is 0 Å². The normalized spacial score (nSPS) is 20.5. The van der Waals surface area contributed by atoms with Crippen LogP contribution in [0, 0.1) is 0 Å². The lowest BCUT2D eigenvalue weighted by Gasteiger charge is -2.36. The van der Waals surface area contributed by atoms with Crippen molar-refractivity contribution in [3.63, 3.8) is 0 Å². The molecule has 1 aliphatic carbocycles. The molecule has 0 aromatic heterocycles. The van der Waals surface area contributed by atoms with Crippen molar-refractivity contribution >= 4 is 0 Å². The summed E-state index contributed by atoms with van der Waals surface area (Å²) in [7, 11) is 0. The fraction of sp³-hybridized carbons (Fsp3) is 1.00. The van der Waals surface area contributed by atoms with Crippen LogP contribution in [0.4, 0.5) is 0 Å². The topological polar surface area (TPSA) is 58.3 Å². The molecule has 0 aliphatic heterocycles. The monoisotopic (exact) mass is 172 g/mol. The highest BCUT2D eigenvalue weighted by Gasteiger charge is 2.33. The van der Waals surface area contributed by atoms with Gasteiger partial charge < -0.3 is 16.2 Å². The van der Waals surface area contributed by atoms with Crippen LogP contribution in [-0.2, 0) is 0 Å². The van der Waals surface area contributed by atoms with Gasteiger partial charge in [-0.25, -0.2) is 0 Å². The first-order valence-corrected chi connectivity index (χ1v) is 4.90. The molecule has 0 spiro atoms. The summed E-state index contributed by atoms with van der Waals surface area (Å²) in [4.78, 5) is 0. The molecule has 1 aliphatic rings. The minimum Gasteiger partial charge on any atom is -0.389 e. The number of nitrogens with two attached hydrogens (primary N) is 1. The van der Waals surface area contributed by atoms with Crippen molar-refractivity contribution in [2.24, 2.45) is 5.73 Å². The number of aliphatic hydroxyl groups is 1. The van der Waals surface area contributed by atoms with Crippen LogP contribution in [0.2, 0.25) is 0 Å². The van der Waals surface area contributed by atoms with Crippen LogP contribution < -0.4 is 11.1 Å². The van der Waals surface area contributed by atoms with Gasteiger partial charge in [0.2, 0.25) is 0 Å². The molecule has 0 atom stereocenters. The van der Waals surface area contributed by atoms with Gasteiger partial charge in [0.1, 0.15) is 0 Å². The molecule has 0 aromatic rings. The lowest BCUT2D eigenvalue weighted by Crippen LogP contribution is -2.46. The Morgan fingerprint density at radius 1 is 1.33 bits per heavy atom. The van der Waals surface area contributed by atoms with Crippen LogP contribution in [-0.4, -0.2) is 30.3 Å². The Morgan fingerprint density at radius 2 is 2.08 bits per heavy atom. The molecule has 0 bridgehead atoms. The molecule has 0 saturated heterocycles. The smallest absolute Gasteiger partial charge is 0.0771 e. The van der Waals surface area contributed by atoms with Crippen molar-refractivity contribution in [1.29, 1.82) is 0 Å². The Bertz CT molecular complexity index is 124. The zero-order valence-corrected chi connectivity index (χ0v) is 7.68. The highest BCUT2D eigenvalue weighted by Crippen LogP contribution is 2.30. The van der Waals surface area contributed by atoms with Gasteiger partial charge in [0.05, 0.1) is 5.60 Å². The second-order valence-electron chi connectivity index (χ2n) is 3.75. The van der Waals surface area contributed by atoms with Crippen molar-refractivity contribution in [2.45, 2.75) is 37.7 Å². The lowest BCUT2D eigenvalue weighted by atomic mass is 9.80. The maximum absolute atomic E-state index is 9.68. The molecule has 1 saturated carbocycles. The standard InChI is InChI=1S/C9H20N2O/c10-6-1-2-7-11-8-9(12)4-3-5-9/h11-12H,1-8,10H2. The van der Waals surface area contributed by atoms with Crippen molar-refractivity contribution in [3.05, 3.63) is 0 Å². The maximum Gasteiger partial charge on any atom is 0.0771 e. The van der Waals surface area contributed by atoms with E-state index in [9.17, 15) is 5.11 Å². The highest BCUT2D eigenvalue weighted by atomic mass is 16.3. The molecule has 0 radical (unpaired) electrons. The van der Waals surface area contributed by atoms with Crippen molar-refractivity contribution < 1.29 is 5.11 Å². The van der Waals surface area contributed by atoms with E-state index < -0.39 is 0 Å². The molecule has 4 N–H and O–H groups in total.